The quantitative estimate of drug-likeness (QED) is 0.0417. The molecule has 0 aromatic rings. The smallest absolute Gasteiger partial charge is 0.305 e. The van der Waals surface area contributed by atoms with Gasteiger partial charge in [-0.15, -0.1) is 0 Å². The lowest BCUT2D eigenvalue weighted by molar-refractivity contribution is -0.143. The first kappa shape index (κ1) is 69.9. The van der Waals surface area contributed by atoms with E-state index in [1.165, 1.54) is 308 Å². The Bertz CT molecular complexity index is 1020. The summed E-state index contributed by atoms with van der Waals surface area (Å²) in [7, 11) is 0. The number of hydrogen-bond acceptors (Lipinski definition) is 5. The highest BCUT2D eigenvalue weighted by Gasteiger charge is 2.20. The molecule has 2 unspecified atom stereocenters. The molecule has 0 saturated heterocycles. The second kappa shape index (κ2) is 61.4. The van der Waals surface area contributed by atoms with Gasteiger partial charge >= 0.3 is 5.97 Å². The Balaban J connectivity index is 3.27. The average Bonchev–Trinajstić information content (AvgIpc) is 3.37. The number of unbranched alkanes of at least 4 members (excludes halogenated alkanes) is 51. The van der Waals surface area contributed by atoms with Crippen molar-refractivity contribution in [1.29, 1.82) is 0 Å². The van der Waals surface area contributed by atoms with Crippen molar-refractivity contribution < 1.29 is 24.5 Å². The average molecular weight is 1000 g/mol. The zero-order chi connectivity index (χ0) is 51.4. The van der Waals surface area contributed by atoms with Crippen molar-refractivity contribution in [3.63, 3.8) is 0 Å². The van der Waals surface area contributed by atoms with Crippen molar-refractivity contribution in [2.45, 2.75) is 392 Å². The normalized spacial score (nSPS) is 12.5. The molecule has 6 heteroatoms. The minimum absolute atomic E-state index is 0.0238. The summed E-state index contributed by atoms with van der Waals surface area (Å²) in [5, 5.41) is 23.1. The number of hydrogen-bond donors (Lipinski definition) is 3. The van der Waals surface area contributed by atoms with Gasteiger partial charge in [0.25, 0.3) is 0 Å². The number of carbonyl (C=O) groups excluding carboxylic acids is 2. The molecule has 0 radical (unpaired) electrons. The minimum atomic E-state index is -0.658. The Morgan fingerprint density at radius 3 is 0.859 bits per heavy atom. The summed E-state index contributed by atoms with van der Waals surface area (Å²) < 4.78 is 5.50. The summed E-state index contributed by atoms with van der Waals surface area (Å²) >= 11 is 0. The summed E-state index contributed by atoms with van der Waals surface area (Å²) in [6.07, 6.45) is 73.0. The maximum atomic E-state index is 12.4. The van der Waals surface area contributed by atoms with Gasteiger partial charge in [-0.05, 0) is 25.7 Å². The van der Waals surface area contributed by atoms with Crippen LogP contribution in [-0.2, 0) is 14.3 Å². The number of rotatable bonds is 62. The monoisotopic (exact) mass is 1000 g/mol. The van der Waals surface area contributed by atoms with E-state index >= 15 is 0 Å². The highest BCUT2D eigenvalue weighted by molar-refractivity contribution is 5.76. The fourth-order valence-electron chi connectivity index (χ4n) is 10.6. The van der Waals surface area contributed by atoms with Crippen LogP contribution in [0.2, 0.25) is 0 Å². The van der Waals surface area contributed by atoms with Gasteiger partial charge in [0.2, 0.25) is 5.91 Å². The molecular weight excluding hydrogens is 875 g/mol. The summed E-state index contributed by atoms with van der Waals surface area (Å²) in [5.74, 6) is -0.00750. The van der Waals surface area contributed by atoms with Crippen LogP contribution in [0, 0.1) is 0 Å². The molecule has 424 valence electrons. The van der Waals surface area contributed by atoms with E-state index in [-0.39, 0.29) is 18.5 Å². The molecule has 0 bridgehead atoms. The Hall–Kier alpha value is -1.14. The van der Waals surface area contributed by atoms with E-state index in [0.717, 1.165) is 38.5 Å². The van der Waals surface area contributed by atoms with E-state index in [2.05, 4.69) is 19.2 Å². The summed E-state index contributed by atoms with van der Waals surface area (Å²) in [6.45, 7) is 4.97. The first-order valence-electron chi connectivity index (χ1n) is 32.8. The fraction of sp³-hybridized carbons (Fsp3) is 0.969. The maximum Gasteiger partial charge on any atom is 0.305 e. The van der Waals surface area contributed by atoms with Gasteiger partial charge in [-0.2, -0.15) is 0 Å². The summed E-state index contributed by atoms with van der Waals surface area (Å²) in [6, 6.07) is -0.535. The van der Waals surface area contributed by atoms with Crippen LogP contribution in [0.4, 0.5) is 0 Å². The topological polar surface area (TPSA) is 95.9 Å². The molecule has 0 aliphatic rings. The molecule has 1 amide bonds. The Labute approximate surface area is 445 Å². The van der Waals surface area contributed by atoms with E-state index in [1.54, 1.807) is 0 Å². The van der Waals surface area contributed by atoms with Crippen LogP contribution < -0.4 is 5.32 Å². The highest BCUT2D eigenvalue weighted by Crippen LogP contribution is 2.19. The van der Waals surface area contributed by atoms with E-state index in [1.807, 2.05) is 0 Å². The van der Waals surface area contributed by atoms with Crippen LogP contribution in [0.3, 0.4) is 0 Å². The molecule has 0 saturated carbocycles. The van der Waals surface area contributed by atoms with E-state index in [9.17, 15) is 19.8 Å². The molecule has 0 fully saturated rings. The molecule has 0 spiro atoms. The van der Waals surface area contributed by atoms with Crippen LogP contribution >= 0.6 is 0 Å². The standard InChI is InChI=1S/C65H129NO5/c1-3-5-7-9-11-13-14-15-32-36-39-43-47-51-55-59-65(70)71-60-56-52-48-44-40-37-34-31-29-27-25-23-21-19-17-16-18-20-22-24-26-28-30-33-35-38-42-46-50-54-58-64(69)66-62(61-67)63(68)57-53-49-45-41-12-10-8-6-4-2/h62-63,67-68H,3-61H2,1-2H3,(H,66,69). The maximum absolute atomic E-state index is 12.4. The van der Waals surface area contributed by atoms with Gasteiger partial charge in [0, 0.05) is 12.8 Å². The van der Waals surface area contributed by atoms with Gasteiger partial charge in [-0.3, -0.25) is 9.59 Å². The predicted molar refractivity (Wildman–Crippen MR) is 310 cm³/mol. The van der Waals surface area contributed by atoms with Gasteiger partial charge in [0.1, 0.15) is 0 Å². The van der Waals surface area contributed by atoms with Crippen LogP contribution in [0.25, 0.3) is 0 Å². The van der Waals surface area contributed by atoms with Crippen molar-refractivity contribution in [3.8, 4) is 0 Å². The van der Waals surface area contributed by atoms with Crippen LogP contribution in [0.5, 0.6) is 0 Å². The summed E-state index contributed by atoms with van der Waals surface area (Å²) in [5.41, 5.74) is 0. The van der Waals surface area contributed by atoms with Gasteiger partial charge < -0.3 is 20.3 Å². The molecule has 0 aliphatic carbocycles. The number of ether oxygens (including phenoxy) is 1. The number of nitrogens with one attached hydrogen (secondary N) is 1. The van der Waals surface area contributed by atoms with E-state index < -0.39 is 12.1 Å². The SMILES string of the molecule is CCCCCCCCCCCCCCCCCC(=O)OCCCCCCCCCCCCCCCCCCCCCCCCCCCCCCCCC(=O)NC(CO)C(O)CCCCCCCCCCC. The molecule has 0 heterocycles. The molecule has 6 nitrogen and oxygen atoms in total. The predicted octanol–water partition coefficient (Wildman–Crippen LogP) is 20.6. The van der Waals surface area contributed by atoms with Gasteiger partial charge in [-0.1, -0.05) is 341 Å². The third kappa shape index (κ3) is 58.0. The van der Waals surface area contributed by atoms with Gasteiger partial charge in [-0.25, -0.2) is 0 Å². The fourth-order valence-corrected chi connectivity index (χ4v) is 10.6. The summed E-state index contributed by atoms with van der Waals surface area (Å²) in [4.78, 5) is 24.5. The molecule has 0 rings (SSSR count). The molecule has 71 heavy (non-hydrogen) atoms. The van der Waals surface area contributed by atoms with Crippen LogP contribution in [-0.4, -0.2) is 47.4 Å². The number of aliphatic hydroxyl groups excluding tert-OH is 2. The van der Waals surface area contributed by atoms with Crippen molar-refractivity contribution >= 4 is 11.9 Å². The van der Waals surface area contributed by atoms with Crippen molar-refractivity contribution in [2.24, 2.45) is 0 Å². The number of aliphatic hydroxyl groups is 2. The molecule has 0 aromatic heterocycles. The molecule has 0 aliphatic heterocycles. The third-order valence-electron chi connectivity index (χ3n) is 15.7. The molecule has 3 N–H and O–H groups in total. The Kier molecular flexibility index (Phi) is 60.4. The zero-order valence-electron chi connectivity index (χ0n) is 48.5. The van der Waals surface area contributed by atoms with Crippen molar-refractivity contribution in [1.82, 2.24) is 5.32 Å². The third-order valence-corrected chi connectivity index (χ3v) is 15.7. The second-order valence-electron chi connectivity index (χ2n) is 22.8. The van der Waals surface area contributed by atoms with E-state index in [0.29, 0.717) is 25.9 Å². The van der Waals surface area contributed by atoms with Crippen molar-refractivity contribution in [2.75, 3.05) is 13.2 Å². The molecular formula is C65H129NO5. The Morgan fingerprint density at radius 2 is 0.577 bits per heavy atom. The zero-order valence-corrected chi connectivity index (χ0v) is 48.5. The Morgan fingerprint density at radius 1 is 0.338 bits per heavy atom. The van der Waals surface area contributed by atoms with Crippen molar-refractivity contribution in [3.05, 3.63) is 0 Å². The minimum Gasteiger partial charge on any atom is -0.466 e. The molecule has 2 atom stereocenters. The van der Waals surface area contributed by atoms with E-state index in [4.69, 9.17) is 4.74 Å². The second-order valence-corrected chi connectivity index (χ2v) is 22.8. The van der Waals surface area contributed by atoms with Gasteiger partial charge in [0.15, 0.2) is 0 Å². The number of carbonyl (C=O) groups is 2. The lowest BCUT2D eigenvalue weighted by Gasteiger charge is -2.22. The largest absolute Gasteiger partial charge is 0.466 e. The number of esters is 1. The first-order chi connectivity index (χ1) is 35.0. The highest BCUT2D eigenvalue weighted by atomic mass is 16.5. The lowest BCUT2D eigenvalue weighted by Crippen LogP contribution is -2.45. The lowest BCUT2D eigenvalue weighted by atomic mass is 10.0. The molecule has 0 aromatic carbocycles. The first-order valence-corrected chi connectivity index (χ1v) is 32.8. The number of amides is 1. The van der Waals surface area contributed by atoms with Crippen LogP contribution in [0.1, 0.15) is 380 Å². The van der Waals surface area contributed by atoms with Crippen LogP contribution in [0.15, 0.2) is 0 Å². The van der Waals surface area contributed by atoms with Gasteiger partial charge in [0.05, 0.1) is 25.4 Å².